The quantitative estimate of drug-likeness (QED) is 0.844. The molecule has 0 radical (unpaired) electrons. The fourth-order valence-electron chi connectivity index (χ4n) is 2.92. The Morgan fingerprint density at radius 1 is 1.36 bits per heavy atom. The van der Waals surface area contributed by atoms with Gasteiger partial charge in [0.15, 0.2) is 0 Å². The number of piperidine rings is 1. The molecule has 1 aromatic rings. The van der Waals surface area contributed by atoms with Crippen LogP contribution in [0.15, 0.2) is 18.7 Å². The monoisotopic (exact) mass is 339 g/mol. The lowest BCUT2D eigenvalue weighted by Crippen LogP contribution is -2.52. The maximum atomic E-state index is 13.0. The number of hydrogen-bond donors (Lipinski definition) is 0. The van der Waals surface area contributed by atoms with Gasteiger partial charge >= 0.3 is 6.18 Å². The van der Waals surface area contributed by atoms with Gasteiger partial charge in [-0.3, -0.25) is 0 Å². The van der Waals surface area contributed by atoms with Crippen molar-refractivity contribution < 1.29 is 21.6 Å². The highest BCUT2D eigenvalue weighted by Gasteiger charge is 2.52. The number of rotatable bonds is 4. The first kappa shape index (κ1) is 17.3. The molecule has 0 aromatic carbocycles. The van der Waals surface area contributed by atoms with Crippen molar-refractivity contribution in [3.05, 3.63) is 18.7 Å². The molecule has 0 amide bonds. The SMILES string of the molecule is CC1(C)CN(S(=O)(=O)CCn2ccnc2)CCC1C(F)(F)F. The van der Waals surface area contributed by atoms with Crippen LogP contribution in [0, 0.1) is 11.3 Å². The number of sulfonamides is 1. The summed E-state index contributed by atoms with van der Waals surface area (Å²) < 4.78 is 66.5. The number of hydrogen-bond acceptors (Lipinski definition) is 3. The maximum absolute atomic E-state index is 13.0. The predicted octanol–water partition coefficient (Wildman–Crippen LogP) is 2.12. The van der Waals surface area contributed by atoms with Crippen LogP contribution in [0.4, 0.5) is 13.2 Å². The van der Waals surface area contributed by atoms with Gasteiger partial charge in [-0.1, -0.05) is 13.8 Å². The van der Waals surface area contributed by atoms with Crippen LogP contribution >= 0.6 is 0 Å². The first-order valence-electron chi connectivity index (χ1n) is 7.03. The van der Waals surface area contributed by atoms with E-state index in [-0.39, 0.29) is 31.8 Å². The second-order valence-electron chi connectivity index (χ2n) is 6.32. The molecular weight excluding hydrogens is 319 g/mol. The van der Waals surface area contributed by atoms with Crippen molar-refractivity contribution in [3.8, 4) is 0 Å². The lowest BCUT2D eigenvalue weighted by Gasteiger charge is -2.44. The molecule has 1 atom stereocenters. The number of halogens is 3. The molecule has 1 aliphatic heterocycles. The Hall–Kier alpha value is -1.09. The van der Waals surface area contributed by atoms with Crippen LogP contribution in [-0.2, 0) is 16.6 Å². The van der Waals surface area contributed by atoms with Gasteiger partial charge in [0.2, 0.25) is 10.0 Å². The van der Waals surface area contributed by atoms with Crippen molar-refractivity contribution in [2.24, 2.45) is 11.3 Å². The fraction of sp³-hybridized carbons (Fsp3) is 0.769. The molecule has 0 N–H and O–H groups in total. The summed E-state index contributed by atoms with van der Waals surface area (Å²) in [5, 5.41) is 0. The van der Waals surface area contributed by atoms with Crippen LogP contribution in [0.5, 0.6) is 0 Å². The van der Waals surface area contributed by atoms with Gasteiger partial charge < -0.3 is 4.57 Å². The van der Waals surface area contributed by atoms with E-state index in [0.717, 1.165) is 0 Å². The molecule has 0 saturated carbocycles. The normalized spacial score (nSPS) is 23.6. The number of nitrogens with zero attached hydrogens (tertiary/aromatic N) is 3. The van der Waals surface area contributed by atoms with E-state index < -0.39 is 27.5 Å². The summed E-state index contributed by atoms with van der Waals surface area (Å²) in [4.78, 5) is 3.82. The van der Waals surface area contributed by atoms with E-state index >= 15 is 0 Å². The minimum Gasteiger partial charge on any atom is -0.336 e. The van der Waals surface area contributed by atoms with Crippen molar-refractivity contribution in [2.45, 2.75) is 33.0 Å². The Bertz CT molecular complexity index is 597. The zero-order valence-corrected chi connectivity index (χ0v) is 13.4. The zero-order valence-electron chi connectivity index (χ0n) is 12.5. The number of imidazole rings is 1. The van der Waals surface area contributed by atoms with Gasteiger partial charge in [0, 0.05) is 32.0 Å². The van der Waals surface area contributed by atoms with Gasteiger partial charge in [0.05, 0.1) is 18.0 Å². The van der Waals surface area contributed by atoms with Gasteiger partial charge in [0.25, 0.3) is 0 Å². The van der Waals surface area contributed by atoms with E-state index in [1.807, 2.05) is 0 Å². The van der Waals surface area contributed by atoms with E-state index in [4.69, 9.17) is 0 Å². The molecule has 1 aliphatic rings. The van der Waals surface area contributed by atoms with Crippen molar-refractivity contribution in [1.82, 2.24) is 13.9 Å². The molecule has 0 bridgehead atoms. The third-order valence-electron chi connectivity index (χ3n) is 4.15. The fourth-order valence-corrected chi connectivity index (χ4v) is 4.53. The minimum atomic E-state index is -4.30. The standard InChI is InChI=1S/C13H20F3N3O2S/c1-12(2)9-19(5-3-11(12)13(14,15)16)22(20,21)8-7-18-6-4-17-10-18/h4,6,10-11H,3,5,7-9H2,1-2H3. The lowest BCUT2D eigenvalue weighted by molar-refractivity contribution is -0.213. The Morgan fingerprint density at radius 2 is 2.05 bits per heavy atom. The molecule has 0 aliphatic carbocycles. The van der Waals surface area contributed by atoms with E-state index in [0.29, 0.717) is 0 Å². The Kier molecular flexibility index (Phi) is 4.59. The van der Waals surface area contributed by atoms with Crippen LogP contribution in [0.25, 0.3) is 0 Å². The minimum absolute atomic E-state index is 0.0835. The number of alkyl halides is 3. The molecule has 1 aromatic heterocycles. The topological polar surface area (TPSA) is 55.2 Å². The highest BCUT2D eigenvalue weighted by molar-refractivity contribution is 7.89. The van der Waals surface area contributed by atoms with Crippen LogP contribution in [0.3, 0.4) is 0 Å². The van der Waals surface area contributed by atoms with Gasteiger partial charge in [-0.05, 0) is 11.8 Å². The summed E-state index contributed by atoms with van der Waals surface area (Å²) >= 11 is 0. The molecule has 22 heavy (non-hydrogen) atoms. The van der Waals surface area contributed by atoms with Crippen LogP contribution in [-0.4, -0.2) is 47.3 Å². The summed E-state index contributed by atoms with van der Waals surface area (Å²) in [5.74, 6) is -1.61. The number of aromatic nitrogens is 2. The molecule has 1 fully saturated rings. The summed E-state index contributed by atoms with van der Waals surface area (Å²) in [6.07, 6.45) is 0.214. The largest absolute Gasteiger partial charge is 0.392 e. The third-order valence-corrected chi connectivity index (χ3v) is 5.95. The zero-order chi connectivity index (χ0) is 16.6. The lowest BCUT2D eigenvalue weighted by atomic mass is 9.74. The van der Waals surface area contributed by atoms with Crippen LogP contribution in [0.1, 0.15) is 20.3 Å². The summed E-state index contributed by atoms with van der Waals surface area (Å²) in [6.45, 7) is 3.00. The molecule has 0 spiro atoms. The van der Waals surface area contributed by atoms with Gasteiger partial charge in [-0.15, -0.1) is 0 Å². The van der Waals surface area contributed by atoms with Crippen LogP contribution < -0.4 is 0 Å². The summed E-state index contributed by atoms with van der Waals surface area (Å²) in [6, 6.07) is 0. The van der Waals surface area contributed by atoms with Crippen LogP contribution in [0.2, 0.25) is 0 Å². The van der Waals surface area contributed by atoms with E-state index in [9.17, 15) is 21.6 Å². The predicted molar refractivity (Wildman–Crippen MR) is 75.5 cm³/mol. The van der Waals surface area contributed by atoms with E-state index in [1.165, 1.54) is 24.5 Å². The number of aryl methyl sites for hydroxylation is 1. The highest BCUT2D eigenvalue weighted by atomic mass is 32.2. The molecule has 9 heteroatoms. The highest BCUT2D eigenvalue weighted by Crippen LogP contribution is 2.45. The summed E-state index contributed by atoms with van der Waals surface area (Å²) in [7, 11) is -3.58. The Labute approximate surface area is 128 Å². The van der Waals surface area contributed by atoms with Crippen molar-refractivity contribution in [2.75, 3.05) is 18.8 Å². The van der Waals surface area contributed by atoms with Gasteiger partial charge in [-0.25, -0.2) is 17.7 Å². The van der Waals surface area contributed by atoms with Crippen molar-refractivity contribution in [3.63, 3.8) is 0 Å². The molecule has 5 nitrogen and oxygen atoms in total. The van der Waals surface area contributed by atoms with Gasteiger partial charge in [0.1, 0.15) is 0 Å². The molecule has 126 valence electrons. The molecule has 2 rings (SSSR count). The molecule has 1 unspecified atom stereocenters. The van der Waals surface area contributed by atoms with E-state index in [2.05, 4.69) is 4.98 Å². The first-order chi connectivity index (χ1) is 10.0. The maximum Gasteiger partial charge on any atom is 0.392 e. The van der Waals surface area contributed by atoms with Gasteiger partial charge in [-0.2, -0.15) is 13.2 Å². The molecular formula is C13H20F3N3O2S. The molecule has 1 saturated heterocycles. The van der Waals surface area contributed by atoms with Crippen molar-refractivity contribution >= 4 is 10.0 Å². The van der Waals surface area contributed by atoms with Crippen molar-refractivity contribution in [1.29, 1.82) is 0 Å². The smallest absolute Gasteiger partial charge is 0.336 e. The second-order valence-corrected chi connectivity index (χ2v) is 8.41. The summed E-state index contributed by atoms with van der Waals surface area (Å²) in [5.41, 5.74) is -1.13. The average molecular weight is 339 g/mol. The Morgan fingerprint density at radius 3 is 2.55 bits per heavy atom. The Balaban J connectivity index is 2.04. The second kappa shape index (κ2) is 5.84. The van der Waals surface area contributed by atoms with E-state index in [1.54, 1.807) is 17.0 Å². The third kappa shape index (κ3) is 3.81. The average Bonchev–Trinajstić information content (AvgIpc) is 2.86. The first-order valence-corrected chi connectivity index (χ1v) is 8.63. The molecule has 2 heterocycles.